The Labute approximate surface area is 81.1 Å². The van der Waals surface area contributed by atoms with E-state index in [9.17, 15) is 0 Å². The molecule has 2 N–H and O–H groups in total. The summed E-state index contributed by atoms with van der Waals surface area (Å²) in [6.07, 6.45) is 0. The fourth-order valence-electron chi connectivity index (χ4n) is 1.15. The molecule has 72 valence electrons. The fraction of sp³-hybridized carbons (Fsp3) is 0.250. The molecular formula is C8H10N6. The third kappa shape index (κ3) is 2.21. The molecule has 0 aromatic heterocycles. The van der Waals surface area contributed by atoms with E-state index in [0.29, 0.717) is 5.69 Å². The van der Waals surface area contributed by atoms with Crippen molar-refractivity contribution < 1.29 is 0 Å². The van der Waals surface area contributed by atoms with Gasteiger partial charge in [-0.1, -0.05) is 22.5 Å². The monoisotopic (exact) mass is 190 g/mol. The highest BCUT2D eigenvalue weighted by Crippen LogP contribution is 2.23. The van der Waals surface area contributed by atoms with Gasteiger partial charge in [-0.25, -0.2) is 0 Å². The molecule has 0 aliphatic heterocycles. The molecule has 0 aliphatic carbocycles. The predicted octanol–water partition coefficient (Wildman–Crippen LogP) is 2.76. The smallest absolute Gasteiger partial charge is 0.0909 e. The molecule has 0 spiro atoms. The zero-order valence-corrected chi connectivity index (χ0v) is 7.75. The topological polar surface area (TPSA) is 99.5 Å². The van der Waals surface area contributed by atoms with Crippen LogP contribution < -0.4 is 5.84 Å². The second-order valence-corrected chi connectivity index (χ2v) is 2.68. The van der Waals surface area contributed by atoms with Gasteiger partial charge >= 0.3 is 0 Å². The zero-order chi connectivity index (χ0) is 10.4. The maximum absolute atomic E-state index is 8.22. The van der Waals surface area contributed by atoms with Crippen LogP contribution in [0.4, 0.5) is 5.69 Å². The normalized spacial score (nSPS) is 10.1. The van der Waals surface area contributed by atoms with Crippen LogP contribution in [0.2, 0.25) is 0 Å². The Morgan fingerprint density at radius 1 is 1.50 bits per heavy atom. The molecule has 0 amide bonds. The fourth-order valence-corrected chi connectivity index (χ4v) is 1.15. The summed E-state index contributed by atoms with van der Waals surface area (Å²) in [5.41, 5.74) is 10.7. The first-order valence-electron chi connectivity index (χ1n) is 4.00. The molecule has 1 rings (SSSR count). The molecule has 0 heterocycles. The highest BCUT2D eigenvalue weighted by molar-refractivity contribution is 5.49. The standard InChI is InChI=1S/C8H10N6/c1-6-3-2-4-8(12-14-10)7(6)5-11-13-9/h2-4H,5H2,1H3,(H2,10,12). The number of azide groups is 1. The maximum Gasteiger partial charge on any atom is 0.0909 e. The van der Waals surface area contributed by atoms with E-state index in [1.807, 2.05) is 19.1 Å². The lowest BCUT2D eigenvalue weighted by molar-refractivity contribution is 0.993. The number of nitrogens with two attached hydrogens (primary N) is 1. The zero-order valence-electron chi connectivity index (χ0n) is 7.75. The number of benzene rings is 1. The van der Waals surface area contributed by atoms with E-state index in [1.54, 1.807) is 6.07 Å². The van der Waals surface area contributed by atoms with Gasteiger partial charge in [0.15, 0.2) is 0 Å². The van der Waals surface area contributed by atoms with Gasteiger partial charge in [0.1, 0.15) is 0 Å². The summed E-state index contributed by atoms with van der Waals surface area (Å²) >= 11 is 0. The Morgan fingerprint density at radius 2 is 2.29 bits per heavy atom. The lowest BCUT2D eigenvalue weighted by Gasteiger charge is -2.04. The van der Waals surface area contributed by atoms with Gasteiger partial charge < -0.3 is 5.84 Å². The number of nitrogens with zero attached hydrogens (tertiary/aromatic N) is 5. The molecule has 14 heavy (non-hydrogen) atoms. The molecule has 0 saturated heterocycles. The first kappa shape index (κ1) is 10.0. The average molecular weight is 190 g/mol. The van der Waals surface area contributed by atoms with Gasteiger partial charge in [0.05, 0.1) is 12.2 Å². The van der Waals surface area contributed by atoms with E-state index in [1.165, 1.54) is 0 Å². The summed E-state index contributed by atoms with van der Waals surface area (Å²) in [4.78, 5) is 2.69. The maximum atomic E-state index is 8.22. The molecule has 0 atom stereocenters. The van der Waals surface area contributed by atoms with Gasteiger partial charge in [-0.05, 0) is 29.6 Å². The lowest BCUT2D eigenvalue weighted by atomic mass is 10.1. The van der Waals surface area contributed by atoms with E-state index < -0.39 is 0 Å². The molecule has 1 aromatic carbocycles. The summed E-state index contributed by atoms with van der Waals surface area (Å²) in [5.74, 6) is 4.96. The first-order valence-corrected chi connectivity index (χ1v) is 4.00. The predicted molar refractivity (Wildman–Crippen MR) is 52.7 cm³/mol. The number of hydrogen-bond donors (Lipinski definition) is 1. The minimum atomic E-state index is 0.261. The van der Waals surface area contributed by atoms with E-state index in [2.05, 4.69) is 20.4 Å². The molecule has 0 unspecified atom stereocenters. The summed E-state index contributed by atoms with van der Waals surface area (Å²) in [7, 11) is 0. The van der Waals surface area contributed by atoms with Crippen molar-refractivity contribution in [3.8, 4) is 0 Å². The summed E-state index contributed by atoms with van der Waals surface area (Å²) in [6.45, 7) is 2.18. The van der Waals surface area contributed by atoms with Gasteiger partial charge in [0.2, 0.25) is 0 Å². The average Bonchev–Trinajstić information content (AvgIpc) is 2.18. The molecule has 0 saturated carbocycles. The quantitative estimate of drug-likeness (QED) is 0.256. The summed E-state index contributed by atoms with van der Waals surface area (Å²) < 4.78 is 0. The van der Waals surface area contributed by atoms with E-state index in [0.717, 1.165) is 11.1 Å². The van der Waals surface area contributed by atoms with Crippen LogP contribution >= 0.6 is 0 Å². The van der Waals surface area contributed by atoms with Crippen molar-refractivity contribution in [2.24, 2.45) is 21.3 Å². The second kappa shape index (κ2) is 4.84. The number of aryl methyl sites for hydroxylation is 1. The number of hydrogen-bond acceptors (Lipinski definition) is 3. The Kier molecular flexibility index (Phi) is 3.46. The van der Waals surface area contributed by atoms with Crippen molar-refractivity contribution in [1.82, 2.24) is 0 Å². The van der Waals surface area contributed by atoms with E-state index in [-0.39, 0.29) is 6.54 Å². The largest absolute Gasteiger partial charge is 0.305 e. The molecule has 0 aliphatic rings. The second-order valence-electron chi connectivity index (χ2n) is 2.68. The van der Waals surface area contributed by atoms with Crippen LogP contribution in [0.1, 0.15) is 11.1 Å². The molecule has 1 aromatic rings. The number of rotatable bonds is 3. The van der Waals surface area contributed by atoms with Crippen LogP contribution in [0.15, 0.2) is 33.7 Å². The molecule has 0 bridgehead atoms. The Hall–Kier alpha value is -2.07. The minimum Gasteiger partial charge on any atom is -0.305 e. The lowest BCUT2D eigenvalue weighted by Crippen LogP contribution is -1.87. The molecule has 0 radical (unpaired) electrons. The van der Waals surface area contributed by atoms with Crippen molar-refractivity contribution in [3.63, 3.8) is 0 Å². The van der Waals surface area contributed by atoms with Crippen LogP contribution in [-0.4, -0.2) is 0 Å². The summed E-state index contributed by atoms with van der Waals surface area (Å²) in [6, 6.07) is 5.53. The first-order chi connectivity index (χ1) is 6.79. The molecular weight excluding hydrogens is 180 g/mol. The van der Waals surface area contributed by atoms with Crippen LogP contribution in [-0.2, 0) is 6.54 Å². The Balaban J connectivity index is 3.14. The third-order valence-corrected chi connectivity index (χ3v) is 1.84. The van der Waals surface area contributed by atoms with Crippen molar-refractivity contribution >= 4 is 5.69 Å². The van der Waals surface area contributed by atoms with Gasteiger partial charge in [-0.3, -0.25) is 0 Å². The molecule has 6 nitrogen and oxygen atoms in total. The highest BCUT2D eigenvalue weighted by Gasteiger charge is 2.03. The SMILES string of the molecule is Cc1cccc(N=NN)c1CN=[N+]=[N-]. The molecule has 0 fully saturated rings. The van der Waals surface area contributed by atoms with Crippen LogP contribution in [0.3, 0.4) is 0 Å². The van der Waals surface area contributed by atoms with Crippen molar-refractivity contribution in [2.75, 3.05) is 0 Å². The van der Waals surface area contributed by atoms with Gasteiger partial charge in [-0.2, -0.15) is 0 Å². The van der Waals surface area contributed by atoms with Gasteiger partial charge in [0.25, 0.3) is 0 Å². The summed E-state index contributed by atoms with van der Waals surface area (Å²) in [5, 5.41) is 10.4. The Bertz CT molecular complexity index is 391. The van der Waals surface area contributed by atoms with Crippen LogP contribution in [0.5, 0.6) is 0 Å². The van der Waals surface area contributed by atoms with E-state index in [4.69, 9.17) is 11.4 Å². The van der Waals surface area contributed by atoms with Crippen molar-refractivity contribution in [3.05, 3.63) is 39.8 Å². The van der Waals surface area contributed by atoms with Crippen molar-refractivity contribution in [2.45, 2.75) is 13.5 Å². The van der Waals surface area contributed by atoms with Crippen LogP contribution in [0, 0.1) is 6.92 Å². The van der Waals surface area contributed by atoms with Gasteiger partial charge in [0, 0.05) is 4.91 Å². The van der Waals surface area contributed by atoms with E-state index >= 15 is 0 Å². The third-order valence-electron chi connectivity index (χ3n) is 1.84. The van der Waals surface area contributed by atoms with Crippen LogP contribution in [0.25, 0.3) is 10.4 Å². The molecule has 6 heteroatoms. The van der Waals surface area contributed by atoms with Gasteiger partial charge in [-0.15, -0.1) is 5.11 Å². The highest BCUT2D eigenvalue weighted by atomic mass is 15.3. The van der Waals surface area contributed by atoms with Crippen molar-refractivity contribution in [1.29, 1.82) is 0 Å². The minimum absolute atomic E-state index is 0.261. The Morgan fingerprint density at radius 3 is 2.93 bits per heavy atom.